The first kappa shape index (κ1) is 60.9. The Morgan fingerprint density at radius 2 is 0.929 bits per heavy atom. The Morgan fingerprint density at radius 3 is 1.33 bits per heavy atom. The molecule has 0 aliphatic carbocycles. The van der Waals surface area contributed by atoms with Gasteiger partial charge in [-0.2, -0.15) is 9.97 Å². The molecule has 6 aromatic heterocycles. The number of anilines is 2. The summed E-state index contributed by atoms with van der Waals surface area (Å²) in [5.41, 5.74) is 6.37. The van der Waals surface area contributed by atoms with Crippen LogP contribution in [0, 0.1) is 13.8 Å². The van der Waals surface area contributed by atoms with Crippen molar-refractivity contribution in [3.8, 4) is 0 Å². The molecular weight excluding hydrogens is 1220 g/mol. The van der Waals surface area contributed by atoms with E-state index < -0.39 is 185 Å². The second-order valence-electron chi connectivity index (χ2n) is 19.3. The van der Waals surface area contributed by atoms with E-state index in [1.165, 1.54) is 29.3 Å². The third kappa shape index (κ3) is 13.4. The fourth-order valence-corrected chi connectivity index (χ4v) is 12.7. The first-order valence-corrected chi connectivity index (χ1v) is 30.4. The molecule has 4 aliphatic heterocycles. The highest BCUT2D eigenvalue weighted by atomic mass is 31.2. The summed E-state index contributed by atoms with van der Waals surface area (Å²) >= 11 is 0. The number of phosphoric ester groups is 3. The second kappa shape index (κ2) is 23.9. The number of hydrogen-bond acceptors (Lipinski definition) is 28. The van der Waals surface area contributed by atoms with Gasteiger partial charge in [0, 0.05) is 53.8 Å². The number of ether oxygens (including phenoxy) is 4. The van der Waals surface area contributed by atoms with Crippen molar-refractivity contribution in [3.63, 3.8) is 0 Å². The zero-order valence-electron chi connectivity index (χ0n) is 43.2. The van der Waals surface area contributed by atoms with Gasteiger partial charge in [0.2, 0.25) is 11.9 Å². The largest absolute Gasteiger partial charge is 0.694 e. The van der Waals surface area contributed by atoms with Crippen LogP contribution in [-0.4, -0.2) is 158 Å². The van der Waals surface area contributed by atoms with Crippen molar-refractivity contribution < 1.29 is 93.6 Å². The zero-order chi connectivity index (χ0) is 60.3. The van der Waals surface area contributed by atoms with Crippen LogP contribution >= 0.6 is 31.7 Å². The topological polar surface area (TPSA) is 560 Å². The molecule has 0 radical (unpaired) electrons. The third-order valence-corrected chi connectivity index (χ3v) is 16.9. The Hall–Kier alpha value is -6.19. The van der Waals surface area contributed by atoms with Gasteiger partial charge in [0.05, 0.1) is 38.6 Å². The standard InChI is InChI=1S/C40H50N14O26P4/c1-15-7-51(39(60)49-33(15)56)26-4-18(22(75-26)9-70-81(62)63)78-83(66,67)73-12-24-20(6-28(77-24)54-14-44-30-32(54)46-38(42)48-36(30)59)80-84(68,69)72-11-23-19(5-27(76-23)52-8-16(2)34(57)50-40(52)61)79-82(64,65)71-10-21-17(55)3-25(74-21)53-13-43-29-31(53)45-37(41)47-35(29)58/h7-8,13-14,17-28,55H,3-6,9-12H2,1-2H3,(H11-,41,42,45,46,47,48,49,50,56,57,58,59,60,61,62,63,64,65,66,67,68,69)/p+1/t17-,18-,19-,20-,21+,22+,23+,24+,25+,26+,27+,28+/m0/s1. The van der Waals surface area contributed by atoms with Gasteiger partial charge in [-0.15, -0.1) is 9.42 Å². The number of nitrogens with zero attached hydrogens (tertiary/aromatic N) is 8. The maximum atomic E-state index is 14.0. The smallest absolute Gasteiger partial charge is 0.390 e. The summed E-state index contributed by atoms with van der Waals surface area (Å²) < 4.78 is 118. The maximum Gasteiger partial charge on any atom is 0.694 e. The van der Waals surface area contributed by atoms with Crippen LogP contribution in [0.5, 0.6) is 0 Å². The molecule has 4 unspecified atom stereocenters. The number of aliphatic hydroxyl groups excluding tert-OH is 1. The molecule has 40 nitrogen and oxygen atoms in total. The summed E-state index contributed by atoms with van der Waals surface area (Å²) in [5, 5.41) is 10.9. The molecule has 84 heavy (non-hydrogen) atoms. The van der Waals surface area contributed by atoms with Crippen LogP contribution in [0.4, 0.5) is 11.9 Å². The Morgan fingerprint density at radius 1 is 0.571 bits per heavy atom. The van der Waals surface area contributed by atoms with Crippen molar-refractivity contribution in [3.05, 3.63) is 98.6 Å². The average molecular weight is 1270 g/mol. The van der Waals surface area contributed by atoms with E-state index in [1.807, 2.05) is 0 Å². The molecule has 10 rings (SSSR count). The number of aliphatic hydroxyl groups is 1. The number of nitrogens with one attached hydrogen (secondary N) is 4. The van der Waals surface area contributed by atoms with Crippen molar-refractivity contribution in [1.82, 2.24) is 58.1 Å². The Kier molecular flexibility index (Phi) is 17.4. The van der Waals surface area contributed by atoms with Gasteiger partial charge in [0.1, 0.15) is 74.2 Å². The number of aromatic amines is 4. The predicted octanol–water partition coefficient (Wildman–Crippen LogP) is -2.18. The highest BCUT2D eigenvalue weighted by molar-refractivity contribution is 7.48. The number of imidazole rings is 2. The van der Waals surface area contributed by atoms with Crippen molar-refractivity contribution in [2.75, 3.05) is 37.9 Å². The lowest BCUT2D eigenvalue weighted by molar-refractivity contribution is -0.0626. The van der Waals surface area contributed by atoms with Crippen LogP contribution in [-0.2, 0) is 68.9 Å². The van der Waals surface area contributed by atoms with E-state index in [9.17, 15) is 71.7 Å². The molecule has 16 atom stereocenters. The maximum absolute atomic E-state index is 14.0. The average Bonchev–Trinajstić information content (AvgIpc) is 3.84. The summed E-state index contributed by atoms with van der Waals surface area (Å²) in [4.78, 5) is 143. The Bertz CT molecular complexity index is 4030. The minimum absolute atomic E-state index is 0.0150. The van der Waals surface area contributed by atoms with Gasteiger partial charge in [-0.1, -0.05) is 0 Å². The Balaban J connectivity index is 0.844. The van der Waals surface area contributed by atoms with E-state index in [0.29, 0.717) is 0 Å². The first-order valence-electron chi connectivity index (χ1n) is 24.7. The molecule has 10 heterocycles. The van der Waals surface area contributed by atoms with Crippen LogP contribution in [0.3, 0.4) is 0 Å². The number of nitrogens with two attached hydrogens (primary N) is 2. The molecule has 44 heteroatoms. The van der Waals surface area contributed by atoms with Crippen LogP contribution in [0.15, 0.2) is 53.8 Å². The molecule has 0 saturated carbocycles. The SMILES string of the molecule is Cc1cn([C@H]2C[C@H](OP(=O)(O)OC[C@H]3O[C@@H](n4cnc5c(=O)[nH]c(N)nc54)C[C@@H]3OP(=O)(O)OC[C@H]3O[C@@H](n4cc(C)c(=O)[nH]c4=O)C[C@@H]3OP(=O)(O)OC[C@H]3O[C@@H](n4cnc5c(=O)[nH]c(N)nc54)C[C@@H]3O)[C@@H](CO[P+](=O)O)O2)c(=O)[nH]c1=O. The molecule has 4 aliphatic rings. The van der Waals surface area contributed by atoms with Gasteiger partial charge in [-0.3, -0.25) is 84.5 Å². The number of aryl methyl sites for hydroxylation is 2. The van der Waals surface area contributed by atoms with Crippen LogP contribution < -0.4 is 45.1 Å². The first-order chi connectivity index (χ1) is 39.6. The lowest BCUT2D eigenvalue weighted by Gasteiger charge is -2.25. The Labute approximate surface area is 466 Å². The van der Waals surface area contributed by atoms with E-state index in [0.717, 1.165) is 27.9 Å². The highest BCUT2D eigenvalue weighted by Crippen LogP contribution is 2.54. The van der Waals surface area contributed by atoms with Crippen LogP contribution in [0.25, 0.3) is 22.3 Å². The molecule has 6 aromatic rings. The molecular formula is C40H51N14O26P4+. The van der Waals surface area contributed by atoms with Crippen LogP contribution in [0.2, 0.25) is 0 Å². The molecule has 13 N–H and O–H groups in total. The highest BCUT2D eigenvalue weighted by Gasteiger charge is 2.49. The van der Waals surface area contributed by atoms with Gasteiger partial charge in [-0.05, 0) is 13.8 Å². The molecule has 4 fully saturated rings. The number of fused-ring (bicyclic) bond motifs is 2. The third-order valence-electron chi connectivity index (χ3n) is 13.5. The van der Waals surface area contributed by atoms with Gasteiger partial charge in [-0.25, -0.2) is 33.3 Å². The number of hydrogen-bond donors (Lipinski definition) is 11. The van der Waals surface area contributed by atoms with Gasteiger partial charge in [0.15, 0.2) is 22.3 Å². The van der Waals surface area contributed by atoms with Crippen LogP contribution in [0.1, 0.15) is 61.7 Å². The lowest BCUT2D eigenvalue weighted by atomic mass is 10.2. The lowest BCUT2D eigenvalue weighted by Crippen LogP contribution is -2.33. The van der Waals surface area contributed by atoms with E-state index in [2.05, 4.69) is 39.9 Å². The van der Waals surface area contributed by atoms with Crippen molar-refractivity contribution in [1.29, 1.82) is 0 Å². The molecule has 0 spiro atoms. The number of rotatable bonds is 22. The fourth-order valence-electron chi connectivity index (χ4n) is 9.58. The minimum atomic E-state index is -5.47. The number of aromatic nitrogens is 12. The van der Waals surface area contributed by atoms with Crippen molar-refractivity contribution >= 4 is 65.9 Å². The zero-order valence-corrected chi connectivity index (χ0v) is 46.8. The monoisotopic (exact) mass is 1270 g/mol. The minimum Gasteiger partial charge on any atom is -0.390 e. The quantitative estimate of drug-likeness (QED) is 0.0322. The summed E-state index contributed by atoms with van der Waals surface area (Å²) in [7, 11) is -19.3. The van der Waals surface area contributed by atoms with E-state index in [1.54, 1.807) is 0 Å². The van der Waals surface area contributed by atoms with Crippen molar-refractivity contribution in [2.24, 2.45) is 0 Å². The van der Waals surface area contributed by atoms with Gasteiger partial charge in [0.25, 0.3) is 22.2 Å². The number of phosphoric acid groups is 3. The molecule has 0 amide bonds. The molecule has 456 valence electrons. The van der Waals surface area contributed by atoms with E-state index >= 15 is 0 Å². The molecule has 4 saturated heterocycles. The second-order valence-corrected chi connectivity index (χ2v) is 24.2. The summed E-state index contributed by atoms with van der Waals surface area (Å²) in [6.07, 6.45) is -14.1. The summed E-state index contributed by atoms with van der Waals surface area (Å²) in [6.45, 7) is -0.788. The number of H-pyrrole nitrogens is 4. The summed E-state index contributed by atoms with van der Waals surface area (Å²) in [6, 6.07) is 0. The number of nitrogen functional groups attached to an aromatic ring is 2. The molecule has 0 aromatic carbocycles. The van der Waals surface area contributed by atoms with Gasteiger partial charge >= 0.3 is 43.1 Å². The summed E-state index contributed by atoms with van der Waals surface area (Å²) in [5.74, 6) is -0.576. The van der Waals surface area contributed by atoms with Crippen molar-refractivity contribution in [2.45, 2.75) is 113 Å². The normalized spacial score (nSPS) is 28.7. The predicted molar refractivity (Wildman–Crippen MR) is 275 cm³/mol. The van der Waals surface area contributed by atoms with E-state index in [-0.39, 0.29) is 51.8 Å². The van der Waals surface area contributed by atoms with E-state index in [4.69, 9.17) is 62.1 Å². The van der Waals surface area contributed by atoms with Gasteiger partial charge < -0.3 is 50.2 Å². The molecule has 0 bridgehead atoms. The fraction of sp³-hybridized carbons (Fsp3) is 0.550.